The van der Waals surface area contributed by atoms with Gasteiger partial charge in [-0.25, -0.2) is 4.98 Å². The topological polar surface area (TPSA) is 27.0 Å². The van der Waals surface area contributed by atoms with E-state index in [1.165, 1.54) is 0 Å². The van der Waals surface area contributed by atoms with Gasteiger partial charge in [0, 0.05) is 6.20 Å². The molecule has 2 heterocycles. The minimum atomic E-state index is 0.840. The molecule has 0 fully saturated rings. The van der Waals surface area contributed by atoms with Crippen LogP contribution in [0.3, 0.4) is 0 Å². The van der Waals surface area contributed by atoms with Crippen LogP contribution in [0, 0.1) is 0 Å². The summed E-state index contributed by atoms with van der Waals surface area (Å²) in [7, 11) is 0. The lowest BCUT2D eigenvalue weighted by Gasteiger charge is -1.89. The third-order valence-electron chi connectivity index (χ3n) is 1.19. The fourth-order valence-electron chi connectivity index (χ4n) is 0.777. The van der Waals surface area contributed by atoms with Crippen LogP contribution in [0.25, 0.3) is 0 Å². The lowest BCUT2D eigenvalue weighted by atomic mass is 10.4. The van der Waals surface area contributed by atoms with Crippen molar-refractivity contribution in [3.05, 3.63) is 18.3 Å². The molecule has 1 aromatic rings. The second-order valence-corrected chi connectivity index (χ2v) is 2.69. The van der Waals surface area contributed by atoms with E-state index in [-0.39, 0.29) is 0 Å². The zero-order chi connectivity index (χ0) is 6.10. The zero-order valence-corrected chi connectivity index (χ0v) is 5.56. The molecule has 0 amide bonds. The molecule has 1 aliphatic rings. The smallest absolute Gasteiger partial charge is 0.123 e. The van der Waals surface area contributed by atoms with Crippen LogP contribution in [-0.4, -0.2) is 10.9 Å². The number of rotatable bonds is 0. The van der Waals surface area contributed by atoms with Gasteiger partial charge in [-0.2, -0.15) is 0 Å². The Hall–Kier alpha value is -0.700. The molecular weight excluding hydrogens is 132 g/mol. The minimum absolute atomic E-state index is 0.840. The SMILES string of the molecule is c1cnc2c(c1)[N]CS2. The van der Waals surface area contributed by atoms with Crippen molar-refractivity contribution in [3.8, 4) is 0 Å². The van der Waals surface area contributed by atoms with Crippen LogP contribution in [0.15, 0.2) is 23.4 Å². The number of fused-ring (bicyclic) bond motifs is 1. The standard InChI is InChI=1S/C6H5N2S/c1-2-5-6(7-3-1)9-4-8-5/h1-3H,4H2. The molecule has 0 saturated carbocycles. The largest absolute Gasteiger partial charge is 0.271 e. The third-order valence-corrected chi connectivity index (χ3v) is 2.03. The molecule has 2 nitrogen and oxygen atoms in total. The van der Waals surface area contributed by atoms with Crippen LogP contribution in [0.1, 0.15) is 0 Å². The van der Waals surface area contributed by atoms with Crippen molar-refractivity contribution < 1.29 is 0 Å². The molecule has 3 heteroatoms. The van der Waals surface area contributed by atoms with Gasteiger partial charge in [0.1, 0.15) is 5.03 Å². The number of aromatic nitrogens is 1. The van der Waals surface area contributed by atoms with E-state index in [4.69, 9.17) is 0 Å². The molecule has 1 aromatic heterocycles. The quantitative estimate of drug-likeness (QED) is 0.540. The van der Waals surface area contributed by atoms with Gasteiger partial charge in [-0.1, -0.05) is 11.8 Å². The van der Waals surface area contributed by atoms with E-state index in [2.05, 4.69) is 10.3 Å². The average molecular weight is 137 g/mol. The fraction of sp³-hybridized carbons (Fsp3) is 0.167. The van der Waals surface area contributed by atoms with Crippen molar-refractivity contribution in [1.29, 1.82) is 0 Å². The number of hydrogen-bond donors (Lipinski definition) is 0. The summed E-state index contributed by atoms with van der Waals surface area (Å²) >= 11 is 1.69. The molecule has 1 aliphatic heterocycles. The molecule has 0 aliphatic carbocycles. The molecule has 45 valence electrons. The second-order valence-electron chi connectivity index (χ2n) is 1.76. The lowest BCUT2D eigenvalue weighted by molar-refractivity contribution is 1.02. The Morgan fingerprint density at radius 3 is 3.44 bits per heavy atom. The van der Waals surface area contributed by atoms with E-state index < -0.39 is 0 Å². The van der Waals surface area contributed by atoms with Crippen LogP contribution in [-0.2, 0) is 0 Å². The Labute approximate surface area is 57.7 Å². The highest BCUT2D eigenvalue weighted by Gasteiger charge is 2.10. The Bertz CT molecular complexity index is 201. The molecule has 0 unspecified atom stereocenters. The van der Waals surface area contributed by atoms with Gasteiger partial charge in [-0.05, 0) is 12.1 Å². The molecular formula is C6H5N2S. The van der Waals surface area contributed by atoms with Gasteiger partial charge >= 0.3 is 0 Å². The second kappa shape index (κ2) is 1.92. The first kappa shape index (κ1) is 5.11. The monoisotopic (exact) mass is 137 g/mol. The van der Waals surface area contributed by atoms with Crippen LogP contribution in [0.5, 0.6) is 0 Å². The zero-order valence-electron chi connectivity index (χ0n) is 4.74. The number of hydrogen-bond acceptors (Lipinski definition) is 2. The van der Waals surface area contributed by atoms with Crippen molar-refractivity contribution in [3.63, 3.8) is 0 Å². The van der Waals surface area contributed by atoms with E-state index >= 15 is 0 Å². The highest BCUT2D eigenvalue weighted by atomic mass is 32.2. The summed E-state index contributed by atoms with van der Waals surface area (Å²) in [6.45, 7) is 0. The van der Waals surface area contributed by atoms with Gasteiger partial charge in [-0.15, -0.1) is 0 Å². The van der Waals surface area contributed by atoms with E-state index in [1.807, 2.05) is 12.1 Å². The van der Waals surface area contributed by atoms with Crippen molar-refractivity contribution in [2.45, 2.75) is 5.03 Å². The van der Waals surface area contributed by atoms with Gasteiger partial charge < -0.3 is 0 Å². The molecule has 0 bridgehead atoms. The molecule has 0 saturated heterocycles. The maximum absolute atomic E-state index is 4.20. The Morgan fingerprint density at radius 2 is 2.56 bits per heavy atom. The van der Waals surface area contributed by atoms with Crippen LogP contribution < -0.4 is 5.32 Å². The van der Waals surface area contributed by atoms with Crippen LogP contribution in [0.2, 0.25) is 0 Å². The first-order valence-electron chi connectivity index (χ1n) is 2.72. The van der Waals surface area contributed by atoms with Gasteiger partial charge in [-0.3, -0.25) is 5.32 Å². The minimum Gasteiger partial charge on any atom is -0.271 e. The predicted molar refractivity (Wildman–Crippen MR) is 36.8 cm³/mol. The lowest BCUT2D eigenvalue weighted by Crippen LogP contribution is -1.85. The van der Waals surface area contributed by atoms with Crippen molar-refractivity contribution in [1.82, 2.24) is 10.3 Å². The first-order chi connectivity index (χ1) is 4.47. The summed E-state index contributed by atoms with van der Waals surface area (Å²) in [4.78, 5) is 4.13. The first-order valence-corrected chi connectivity index (χ1v) is 3.71. The molecule has 0 N–H and O–H groups in total. The van der Waals surface area contributed by atoms with Gasteiger partial charge in [0.2, 0.25) is 0 Å². The summed E-state index contributed by atoms with van der Waals surface area (Å²) in [5.41, 5.74) is 1.04. The number of nitrogens with zero attached hydrogens (tertiary/aromatic N) is 2. The molecule has 0 atom stereocenters. The van der Waals surface area contributed by atoms with E-state index in [9.17, 15) is 0 Å². The van der Waals surface area contributed by atoms with Crippen molar-refractivity contribution >= 4 is 17.4 Å². The summed E-state index contributed by atoms with van der Waals surface area (Å²) in [6.07, 6.45) is 1.80. The summed E-state index contributed by atoms with van der Waals surface area (Å²) < 4.78 is 0. The summed E-state index contributed by atoms with van der Waals surface area (Å²) in [5.74, 6) is 0.840. The van der Waals surface area contributed by atoms with Crippen LogP contribution >= 0.6 is 11.8 Å². The third kappa shape index (κ3) is 0.772. The predicted octanol–water partition coefficient (Wildman–Crippen LogP) is 1.38. The van der Waals surface area contributed by atoms with Gasteiger partial charge in [0.15, 0.2) is 0 Å². The van der Waals surface area contributed by atoms with Gasteiger partial charge in [0.05, 0.1) is 11.6 Å². The van der Waals surface area contributed by atoms with E-state index in [1.54, 1.807) is 18.0 Å². The highest BCUT2D eigenvalue weighted by Crippen LogP contribution is 2.30. The maximum Gasteiger partial charge on any atom is 0.123 e. The molecule has 1 radical (unpaired) electrons. The fourth-order valence-corrected chi connectivity index (χ4v) is 1.52. The number of pyridine rings is 1. The van der Waals surface area contributed by atoms with Crippen molar-refractivity contribution in [2.75, 3.05) is 5.88 Å². The maximum atomic E-state index is 4.20. The molecule has 0 spiro atoms. The Kier molecular flexibility index (Phi) is 1.09. The Morgan fingerprint density at radius 1 is 1.56 bits per heavy atom. The normalized spacial score (nSPS) is 14.7. The van der Waals surface area contributed by atoms with E-state index in [0.29, 0.717) is 0 Å². The molecule has 9 heavy (non-hydrogen) atoms. The number of thioether (sulfide) groups is 1. The molecule has 0 aromatic carbocycles. The van der Waals surface area contributed by atoms with Crippen LogP contribution in [0.4, 0.5) is 5.69 Å². The van der Waals surface area contributed by atoms with E-state index in [0.717, 1.165) is 16.6 Å². The van der Waals surface area contributed by atoms with Gasteiger partial charge in [0.25, 0.3) is 0 Å². The average Bonchev–Trinajstić information content (AvgIpc) is 2.33. The Balaban J connectivity index is 2.54. The molecule has 2 rings (SSSR count). The highest BCUT2D eigenvalue weighted by molar-refractivity contribution is 7.99. The summed E-state index contributed by atoms with van der Waals surface area (Å²) in [6, 6.07) is 3.90. The summed E-state index contributed by atoms with van der Waals surface area (Å²) in [5, 5.41) is 5.27. The van der Waals surface area contributed by atoms with Crippen molar-refractivity contribution in [2.24, 2.45) is 0 Å².